The first kappa shape index (κ1) is 13.5. The minimum absolute atomic E-state index is 0.0578. The molecule has 2 rings (SSSR count). The Kier molecular flexibility index (Phi) is 3.81. The monoisotopic (exact) mass is 274 g/mol. The number of carboxylic acids is 1. The first-order valence-electron chi connectivity index (χ1n) is 5.93. The summed E-state index contributed by atoms with van der Waals surface area (Å²) in [6, 6.07) is 10.5. The van der Waals surface area contributed by atoms with Crippen LogP contribution >= 0.6 is 11.3 Å². The third kappa shape index (κ3) is 2.90. The second-order valence-electron chi connectivity index (χ2n) is 4.42. The van der Waals surface area contributed by atoms with Gasteiger partial charge in [0.1, 0.15) is 0 Å². The molecule has 0 bridgehead atoms. The lowest BCUT2D eigenvalue weighted by molar-refractivity contribution is -0.138. The van der Waals surface area contributed by atoms with E-state index in [1.807, 2.05) is 13.0 Å². The van der Waals surface area contributed by atoms with Gasteiger partial charge in [-0.3, -0.25) is 9.59 Å². The molecule has 98 valence electrons. The molecule has 4 heteroatoms. The number of hydrogen-bond donors (Lipinski definition) is 1. The normalized spacial score (nSPS) is 12.1. The summed E-state index contributed by atoms with van der Waals surface area (Å²) in [5.41, 5.74) is 1.18. The molecule has 0 aliphatic carbocycles. The third-order valence-corrected chi connectivity index (χ3v) is 3.98. The maximum absolute atomic E-state index is 12.3. The molecule has 0 aliphatic heterocycles. The fraction of sp³-hybridized carbons (Fsp3) is 0.200. The lowest BCUT2D eigenvalue weighted by atomic mass is 9.97. The molecule has 0 fully saturated rings. The van der Waals surface area contributed by atoms with Gasteiger partial charge >= 0.3 is 5.97 Å². The molecule has 19 heavy (non-hydrogen) atoms. The van der Waals surface area contributed by atoms with E-state index in [-0.39, 0.29) is 5.78 Å². The number of rotatable bonds is 4. The molecule has 1 heterocycles. The zero-order valence-electron chi connectivity index (χ0n) is 10.7. The summed E-state index contributed by atoms with van der Waals surface area (Å²) < 4.78 is 0. The number of benzene rings is 1. The second-order valence-corrected chi connectivity index (χ2v) is 5.71. The van der Waals surface area contributed by atoms with Gasteiger partial charge in [0.25, 0.3) is 0 Å². The van der Waals surface area contributed by atoms with E-state index in [9.17, 15) is 9.59 Å². The smallest absolute Gasteiger partial charge is 0.310 e. The summed E-state index contributed by atoms with van der Waals surface area (Å²) in [5.74, 6) is -1.56. The Labute approximate surface area is 115 Å². The molecular formula is C15H14O3S. The van der Waals surface area contributed by atoms with Crippen LogP contribution in [0.2, 0.25) is 0 Å². The molecule has 0 saturated carbocycles. The highest BCUT2D eigenvalue weighted by atomic mass is 32.1. The molecule has 0 amide bonds. The van der Waals surface area contributed by atoms with E-state index in [2.05, 4.69) is 0 Å². The number of hydrogen-bond acceptors (Lipinski definition) is 3. The van der Waals surface area contributed by atoms with Crippen LogP contribution in [0.3, 0.4) is 0 Å². The van der Waals surface area contributed by atoms with Crippen molar-refractivity contribution in [2.75, 3.05) is 0 Å². The van der Waals surface area contributed by atoms with Crippen molar-refractivity contribution in [1.29, 1.82) is 0 Å². The Bertz CT molecular complexity index is 628. The zero-order chi connectivity index (χ0) is 14.0. The third-order valence-electron chi connectivity index (χ3n) is 2.98. The highest BCUT2D eigenvalue weighted by Crippen LogP contribution is 2.22. The number of carbonyl (C=O) groups excluding carboxylic acids is 1. The van der Waals surface area contributed by atoms with Crippen LogP contribution in [0.1, 0.15) is 38.5 Å². The quantitative estimate of drug-likeness (QED) is 0.868. The van der Waals surface area contributed by atoms with Crippen LogP contribution in [0.25, 0.3) is 0 Å². The van der Waals surface area contributed by atoms with E-state index < -0.39 is 11.9 Å². The Morgan fingerprint density at radius 1 is 1.21 bits per heavy atom. The minimum atomic E-state index is -0.892. The van der Waals surface area contributed by atoms with E-state index in [0.29, 0.717) is 16.0 Å². The molecule has 2 aromatic rings. The average molecular weight is 274 g/mol. The van der Waals surface area contributed by atoms with Crippen molar-refractivity contribution >= 4 is 23.1 Å². The van der Waals surface area contributed by atoms with Crippen LogP contribution in [-0.4, -0.2) is 16.9 Å². The van der Waals surface area contributed by atoms with Crippen LogP contribution in [0.5, 0.6) is 0 Å². The molecular weight excluding hydrogens is 260 g/mol. The molecule has 3 nitrogen and oxygen atoms in total. The summed E-state index contributed by atoms with van der Waals surface area (Å²) in [6.07, 6.45) is 0. The van der Waals surface area contributed by atoms with Crippen molar-refractivity contribution in [3.8, 4) is 0 Å². The maximum Gasteiger partial charge on any atom is 0.310 e. The van der Waals surface area contributed by atoms with Crippen LogP contribution in [0.15, 0.2) is 36.4 Å². The molecule has 1 aromatic heterocycles. The Balaban J connectivity index is 2.33. The molecule has 0 aliphatic rings. The standard InChI is InChI=1S/C15H14O3S/c1-9-6-7-13(19-9)14(16)12-5-3-4-11(8-12)10(2)15(17)18/h3-8,10H,1-2H3,(H,17,18). The molecule has 1 unspecified atom stereocenters. The minimum Gasteiger partial charge on any atom is -0.481 e. The Hall–Kier alpha value is -1.94. The molecule has 0 radical (unpaired) electrons. The fourth-order valence-electron chi connectivity index (χ4n) is 1.79. The van der Waals surface area contributed by atoms with Crippen molar-refractivity contribution < 1.29 is 14.7 Å². The predicted octanol–water partition coefficient (Wildman–Crippen LogP) is 3.48. The van der Waals surface area contributed by atoms with E-state index in [0.717, 1.165) is 4.88 Å². The second kappa shape index (κ2) is 5.36. The summed E-state index contributed by atoms with van der Waals surface area (Å²) >= 11 is 1.45. The first-order valence-corrected chi connectivity index (χ1v) is 6.74. The number of carboxylic acid groups (broad SMARTS) is 1. The topological polar surface area (TPSA) is 54.4 Å². The van der Waals surface area contributed by atoms with E-state index in [4.69, 9.17) is 5.11 Å². The van der Waals surface area contributed by atoms with Gasteiger partial charge in [0.2, 0.25) is 5.78 Å². The largest absolute Gasteiger partial charge is 0.481 e. The highest BCUT2D eigenvalue weighted by molar-refractivity contribution is 7.14. The Morgan fingerprint density at radius 3 is 2.53 bits per heavy atom. The van der Waals surface area contributed by atoms with Gasteiger partial charge < -0.3 is 5.11 Å². The van der Waals surface area contributed by atoms with E-state index in [1.54, 1.807) is 37.3 Å². The molecule has 1 aromatic carbocycles. The van der Waals surface area contributed by atoms with Crippen LogP contribution < -0.4 is 0 Å². The average Bonchev–Trinajstić information content (AvgIpc) is 2.83. The summed E-state index contributed by atoms with van der Waals surface area (Å²) in [5, 5.41) is 9.00. The summed E-state index contributed by atoms with van der Waals surface area (Å²) in [6.45, 7) is 3.56. The number of thiophene rings is 1. The maximum atomic E-state index is 12.3. The summed E-state index contributed by atoms with van der Waals surface area (Å²) in [7, 11) is 0. The molecule has 1 N–H and O–H groups in total. The predicted molar refractivity (Wildman–Crippen MR) is 75.0 cm³/mol. The van der Waals surface area contributed by atoms with Gasteiger partial charge in [-0.05, 0) is 37.6 Å². The first-order chi connectivity index (χ1) is 8.99. The van der Waals surface area contributed by atoms with Crippen molar-refractivity contribution in [2.24, 2.45) is 0 Å². The highest BCUT2D eigenvalue weighted by Gasteiger charge is 2.16. The van der Waals surface area contributed by atoms with Gasteiger partial charge in [0, 0.05) is 10.4 Å². The SMILES string of the molecule is Cc1ccc(C(=O)c2cccc(C(C)C(=O)O)c2)s1. The van der Waals surface area contributed by atoms with Crippen molar-refractivity contribution in [1.82, 2.24) is 0 Å². The van der Waals surface area contributed by atoms with Gasteiger partial charge in [0.15, 0.2) is 0 Å². The fourth-order valence-corrected chi connectivity index (χ4v) is 2.62. The number of aliphatic carboxylic acids is 1. The van der Waals surface area contributed by atoms with Gasteiger partial charge in [0.05, 0.1) is 10.8 Å². The van der Waals surface area contributed by atoms with Crippen molar-refractivity contribution in [3.05, 3.63) is 57.3 Å². The van der Waals surface area contributed by atoms with Crippen molar-refractivity contribution in [2.45, 2.75) is 19.8 Å². The zero-order valence-corrected chi connectivity index (χ0v) is 11.5. The van der Waals surface area contributed by atoms with Crippen LogP contribution in [-0.2, 0) is 4.79 Å². The van der Waals surface area contributed by atoms with Crippen LogP contribution in [0.4, 0.5) is 0 Å². The van der Waals surface area contributed by atoms with Gasteiger partial charge in [-0.1, -0.05) is 18.2 Å². The van der Waals surface area contributed by atoms with E-state index >= 15 is 0 Å². The van der Waals surface area contributed by atoms with Crippen LogP contribution in [0, 0.1) is 6.92 Å². The number of carbonyl (C=O) groups is 2. The summed E-state index contributed by atoms with van der Waals surface area (Å²) in [4.78, 5) is 25.0. The van der Waals surface area contributed by atoms with Crippen molar-refractivity contribution in [3.63, 3.8) is 0 Å². The Morgan fingerprint density at radius 2 is 1.95 bits per heavy atom. The van der Waals surface area contributed by atoms with E-state index in [1.165, 1.54) is 11.3 Å². The molecule has 0 saturated heterocycles. The number of ketones is 1. The molecule has 0 spiro atoms. The van der Waals surface area contributed by atoms with Gasteiger partial charge in [-0.2, -0.15) is 0 Å². The lowest BCUT2D eigenvalue weighted by Gasteiger charge is -2.07. The molecule has 1 atom stereocenters. The van der Waals surface area contributed by atoms with Gasteiger partial charge in [-0.15, -0.1) is 11.3 Å². The van der Waals surface area contributed by atoms with Gasteiger partial charge in [-0.25, -0.2) is 0 Å². The number of aryl methyl sites for hydroxylation is 1. The lowest BCUT2D eigenvalue weighted by Crippen LogP contribution is -2.08.